The number of halogens is 1. The van der Waals surface area contributed by atoms with Crippen LogP contribution in [0.4, 0.5) is 5.69 Å². The van der Waals surface area contributed by atoms with E-state index in [1.165, 1.54) is 4.90 Å². The summed E-state index contributed by atoms with van der Waals surface area (Å²) in [6.07, 6.45) is 1.27. The van der Waals surface area contributed by atoms with Gasteiger partial charge in [0.25, 0.3) is 0 Å². The van der Waals surface area contributed by atoms with Crippen LogP contribution in [-0.4, -0.2) is 56.1 Å². The van der Waals surface area contributed by atoms with Crippen LogP contribution < -0.4 is 14.4 Å². The SMILES string of the molecule is CCOc1ccc(N(CC(=O)N(Cc2ccccc2Cl)[C@H](Cc2ccccc2)C(=O)NC(C)(C)C)S(C)(=O)=O)cc1. The van der Waals surface area contributed by atoms with Gasteiger partial charge in [-0.25, -0.2) is 8.42 Å². The van der Waals surface area contributed by atoms with Crippen molar-refractivity contribution in [2.45, 2.75) is 52.2 Å². The Kier molecular flexibility index (Phi) is 10.8. The van der Waals surface area contributed by atoms with E-state index >= 15 is 0 Å². The largest absolute Gasteiger partial charge is 0.494 e. The molecule has 41 heavy (non-hydrogen) atoms. The van der Waals surface area contributed by atoms with Gasteiger partial charge in [-0.05, 0) is 69.2 Å². The number of amides is 2. The van der Waals surface area contributed by atoms with Gasteiger partial charge in [0.15, 0.2) is 0 Å². The van der Waals surface area contributed by atoms with Crippen molar-refractivity contribution in [3.8, 4) is 5.75 Å². The molecule has 0 spiro atoms. The minimum atomic E-state index is -3.87. The van der Waals surface area contributed by atoms with E-state index < -0.39 is 34.1 Å². The number of rotatable bonds is 12. The van der Waals surface area contributed by atoms with Crippen LogP contribution in [0.25, 0.3) is 0 Å². The third-order valence-electron chi connectivity index (χ3n) is 6.18. The third-order valence-corrected chi connectivity index (χ3v) is 7.69. The maximum Gasteiger partial charge on any atom is 0.244 e. The van der Waals surface area contributed by atoms with Crippen molar-refractivity contribution in [1.29, 1.82) is 0 Å². The van der Waals surface area contributed by atoms with Gasteiger partial charge in [-0.2, -0.15) is 0 Å². The van der Waals surface area contributed by atoms with Gasteiger partial charge in [-0.15, -0.1) is 0 Å². The molecule has 0 heterocycles. The number of benzene rings is 3. The zero-order chi connectivity index (χ0) is 30.2. The molecule has 3 aromatic carbocycles. The summed E-state index contributed by atoms with van der Waals surface area (Å²) >= 11 is 6.48. The van der Waals surface area contributed by atoms with Crippen LogP contribution in [0.1, 0.15) is 38.8 Å². The first kappa shape index (κ1) is 32.0. The molecule has 0 aliphatic heterocycles. The first-order chi connectivity index (χ1) is 19.3. The lowest BCUT2D eigenvalue weighted by atomic mass is 10.0. The average molecular weight is 600 g/mol. The quantitative estimate of drug-likeness (QED) is 0.314. The highest BCUT2D eigenvalue weighted by Crippen LogP contribution is 2.24. The molecule has 3 aromatic rings. The van der Waals surface area contributed by atoms with Gasteiger partial charge in [0.2, 0.25) is 21.8 Å². The summed E-state index contributed by atoms with van der Waals surface area (Å²) in [6, 6.07) is 22.0. The van der Waals surface area contributed by atoms with Crippen molar-refractivity contribution in [3.05, 3.63) is 95.0 Å². The summed E-state index contributed by atoms with van der Waals surface area (Å²) in [4.78, 5) is 29.3. The number of hydrogen-bond acceptors (Lipinski definition) is 5. The molecule has 0 aliphatic rings. The van der Waals surface area contributed by atoms with E-state index in [4.69, 9.17) is 16.3 Å². The molecule has 0 fully saturated rings. The molecular weight excluding hydrogens is 562 g/mol. The Hall–Kier alpha value is -3.56. The van der Waals surface area contributed by atoms with Crippen molar-refractivity contribution < 1.29 is 22.7 Å². The minimum absolute atomic E-state index is 0.00838. The smallest absolute Gasteiger partial charge is 0.244 e. The molecule has 0 saturated heterocycles. The Morgan fingerprint density at radius 1 is 0.951 bits per heavy atom. The second kappa shape index (κ2) is 13.9. The normalized spacial score (nSPS) is 12.3. The summed E-state index contributed by atoms with van der Waals surface area (Å²) < 4.78 is 32.3. The van der Waals surface area contributed by atoms with E-state index in [0.717, 1.165) is 16.1 Å². The number of nitrogens with one attached hydrogen (secondary N) is 1. The van der Waals surface area contributed by atoms with Crippen LogP contribution in [0.3, 0.4) is 0 Å². The van der Waals surface area contributed by atoms with Gasteiger partial charge in [-0.1, -0.05) is 60.1 Å². The monoisotopic (exact) mass is 599 g/mol. The molecular formula is C31H38ClN3O5S. The first-order valence-corrected chi connectivity index (χ1v) is 15.6. The molecule has 8 nitrogen and oxygen atoms in total. The molecule has 3 rings (SSSR count). The fraction of sp³-hybridized carbons (Fsp3) is 0.355. The predicted octanol–water partition coefficient (Wildman–Crippen LogP) is 5.06. The van der Waals surface area contributed by atoms with Crippen LogP contribution >= 0.6 is 11.6 Å². The predicted molar refractivity (Wildman–Crippen MR) is 164 cm³/mol. The van der Waals surface area contributed by atoms with Crippen LogP contribution in [0.5, 0.6) is 5.75 Å². The molecule has 0 radical (unpaired) electrons. The fourth-order valence-electron chi connectivity index (χ4n) is 4.31. The van der Waals surface area contributed by atoms with Crippen LogP contribution in [-0.2, 0) is 32.6 Å². The Morgan fingerprint density at radius 3 is 2.12 bits per heavy atom. The summed E-state index contributed by atoms with van der Waals surface area (Å²) in [6.45, 7) is 7.40. The molecule has 1 N–H and O–H groups in total. The number of carbonyl (C=O) groups is 2. The third kappa shape index (κ3) is 9.50. The number of ether oxygens (including phenoxy) is 1. The van der Waals surface area contributed by atoms with Gasteiger partial charge in [-0.3, -0.25) is 13.9 Å². The van der Waals surface area contributed by atoms with Crippen molar-refractivity contribution in [3.63, 3.8) is 0 Å². The highest BCUT2D eigenvalue weighted by Gasteiger charge is 2.34. The molecule has 10 heteroatoms. The van der Waals surface area contributed by atoms with Gasteiger partial charge in [0.1, 0.15) is 18.3 Å². The first-order valence-electron chi connectivity index (χ1n) is 13.4. The maximum absolute atomic E-state index is 14.1. The fourth-order valence-corrected chi connectivity index (χ4v) is 5.35. The Morgan fingerprint density at radius 2 is 1.56 bits per heavy atom. The second-order valence-electron chi connectivity index (χ2n) is 10.8. The summed E-state index contributed by atoms with van der Waals surface area (Å²) in [7, 11) is -3.87. The molecule has 0 bridgehead atoms. The van der Waals surface area contributed by atoms with E-state index in [-0.39, 0.29) is 18.9 Å². The Bertz CT molecular complexity index is 1420. The van der Waals surface area contributed by atoms with Crippen LogP contribution in [0.2, 0.25) is 5.02 Å². The van der Waals surface area contributed by atoms with Crippen molar-refractivity contribution in [2.24, 2.45) is 0 Å². The summed E-state index contributed by atoms with van der Waals surface area (Å²) in [5.41, 5.74) is 1.23. The Labute approximate surface area is 248 Å². The van der Waals surface area contributed by atoms with Crippen molar-refractivity contribution >= 4 is 39.1 Å². The zero-order valence-electron chi connectivity index (χ0n) is 24.1. The van der Waals surface area contributed by atoms with E-state index in [1.807, 2.05) is 58.0 Å². The molecule has 0 aliphatic carbocycles. The molecule has 0 aromatic heterocycles. The number of hydrogen-bond donors (Lipinski definition) is 1. The van der Waals surface area contributed by atoms with E-state index in [0.29, 0.717) is 28.6 Å². The molecule has 0 saturated carbocycles. The van der Waals surface area contributed by atoms with Gasteiger partial charge in [0, 0.05) is 23.5 Å². The number of carbonyl (C=O) groups excluding carboxylic acids is 2. The van der Waals surface area contributed by atoms with Crippen molar-refractivity contribution in [1.82, 2.24) is 10.2 Å². The zero-order valence-corrected chi connectivity index (χ0v) is 25.7. The van der Waals surface area contributed by atoms with Crippen LogP contribution in [0, 0.1) is 0 Å². The molecule has 220 valence electrons. The van der Waals surface area contributed by atoms with Crippen molar-refractivity contribution in [2.75, 3.05) is 23.7 Å². The van der Waals surface area contributed by atoms with E-state index in [9.17, 15) is 18.0 Å². The molecule has 2 amide bonds. The number of anilines is 1. The van der Waals surface area contributed by atoms with Gasteiger partial charge < -0.3 is 15.0 Å². The average Bonchev–Trinajstić information content (AvgIpc) is 2.90. The van der Waals surface area contributed by atoms with E-state index in [1.54, 1.807) is 48.5 Å². The highest BCUT2D eigenvalue weighted by molar-refractivity contribution is 7.92. The standard InChI is InChI=1S/C31H38ClN3O5S/c1-6-40-26-18-16-25(17-19-26)35(41(5,38)39)22-29(36)34(21-24-14-10-11-15-27(24)32)28(30(37)33-31(2,3)4)20-23-12-8-7-9-13-23/h7-19,28H,6,20-22H2,1-5H3,(H,33,37)/t28-/m1/s1. The number of nitrogens with zero attached hydrogens (tertiary/aromatic N) is 2. The maximum atomic E-state index is 14.1. The lowest BCUT2D eigenvalue weighted by Crippen LogP contribution is -2.56. The minimum Gasteiger partial charge on any atom is -0.494 e. The summed E-state index contributed by atoms with van der Waals surface area (Å²) in [5, 5.41) is 3.43. The summed E-state index contributed by atoms with van der Waals surface area (Å²) in [5.74, 6) is -0.318. The van der Waals surface area contributed by atoms with Gasteiger partial charge in [0.05, 0.1) is 18.6 Å². The van der Waals surface area contributed by atoms with Crippen LogP contribution in [0.15, 0.2) is 78.9 Å². The van der Waals surface area contributed by atoms with E-state index in [2.05, 4.69) is 5.32 Å². The highest BCUT2D eigenvalue weighted by atomic mass is 35.5. The molecule has 1 atom stereocenters. The van der Waals surface area contributed by atoms with Gasteiger partial charge >= 0.3 is 0 Å². The topological polar surface area (TPSA) is 96.0 Å². The molecule has 0 unspecified atom stereocenters. The lowest BCUT2D eigenvalue weighted by Gasteiger charge is -2.35. The Balaban J connectivity index is 2.06. The second-order valence-corrected chi connectivity index (χ2v) is 13.1. The number of sulfonamides is 1. The lowest BCUT2D eigenvalue weighted by molar-refractivity contribution is -0.140.